The van der Waals surface area contributed by atoms with Crippen LogP contribution in [0.5, 0.6) is 5.75 Å². The number of hydrogen-bond acceptors (Lipinski definition) is 3. The van der Waals surface area contributed by atoms with Crippen LogP contribution in [0.4, 0.5) is 10.5 Å². The Hall–Kier alpha value is -3.83. The molecule has 0 aliphatic carbocycles. The number of allylic oxidation sites excluding steroid dienone is 1. The van der Waals surface area contributed by atoms with Crippen molar-refractivity contribution >= 4 is 40.4 Å². The highest BCUT2D eigenvalue weighted by atomic mass is 35.5. The predicted octanol–water partition coefficient (Wildman–Crippen LogP) is 6.81. The lowest BCUT2D eigenvalue weighted by Gasteiger charge is -2.08. The summed E-state index contributed by atoms with van der Waals surface area (Å²) in [5, 5.41) is 13.1. The van der Waals surface area contributed by atoms with Gasteiger partial charge in [-0.15, -0.1) is 0 Å². The van der Waals surface area contributed by atoms with Crippen LogP contribution in [0.2, 0.25) is 5.02 Å². The molecule has 0 aliphatic rings. The smallest absolute Gasteiger partial charge is 0.409 e. The Morgan fingerprint density at radius 2 is 1.88 bits per heavy atom. The van der Waals surface area contributed by atoms with Gasteiger partial charge in [-0.3, -0.25) is 5.32 Å². The number of para-hydroxylation sites is 1. The van der Waals surface area contributed by atoms with E-state index in [1.165, 1.54) is 0 Å². The summed E-state index contributed by atoms with van der Waals surface area (Å²) in [5.41, 5.74) is 4.15. The number of aromatic nitrogens is 1. The lowest BCUT2D eigenvalue weighted by molar-refractivity contribution is 0.209. The van der Waals surface area contributed by atoms with E-state index in [2.05, 4.69) is 10.3 Å². The topological polar surface area (TPSA) is 71.5 Å². The van der Waals surface area contributed by atoms with Crippen LogP contribution >= 0.6 is 11.6 Å². The van der Waals surface area contributed by atoms with E-state index in [0.717, 1.165) is 33.5 Å². The molecule has 160 valence electrons. The predicted molar refractivity (Wildman–Crippen MR) is 128 cm³/mol. The maximum atomic E-state index is 10.9. The summed E-state index contributed by atoms with van der Waals surface area (Å²) in [4.78, 5) is 15.6. The quantitative estimate of drug-likeness (QED) is 0.328. The minimum Gasteiger partial charge on any atom is -0.487 e. The fraction of sp³-hybridized carbons (Fsp3) is 0.0769. The Morgan fingerprint density at radius 1 is 1.03 bits per heavy atom. The molecule has 0 atom stereocenters. The zero-order valence-electron chi connectivity index (χ0n) is 17.2. The summed E-state index contributed by atoms with van der Waals surface area (Å²) in [6.07, 6.45) is 3.51. The Labute approximate surface area is 191 Å². The Kier molecular flexibility index (Phi) is 6.68. The van der Waals surface area contributed by atoms with Crippen molar-refractivity contribution in [2.75, 3.05) is 5.32 Å². The van der Waals surface area contributed by atoms with Gasteiger partial charge in [0.05, 0.1) is 11.2 Å². The van der Waals surface area contributed by atoms with Crippen molar-refractivity contribution in [3.63, 3.8) is 0 Å². The highest BCUT2D eigenvalue weighted by molar-refractivity contribution is 6.31. The second kappa shape index (κ2) is 9.98. The van der Waals surface area contributed by atoms with Gasteiger partial charge in [-0.1, -0.05) is 66.2 Å². The molecular weight excluding hydrogens is 424 g/mol. The number of hydrogen-bond donors (Lipinski definition) is 2. The molecule has 0 spiro atoms. The average molecular weight is 445 g/mol. The molecule has 0 unspecified atom stereocenters. The van der Waals surface area contributed by atoms with Crippen LogP contribution in [0, 0.1) is 0 Å². The molecule has 0 radical (unpaired) electrons. The van der Waals surface area contributed by atoms with Gasteiger partial charge in [0.2, 0.25) is 0 Å². The third kappa shape index (κ3) is 5.65. The van der Waals surface area contributed by atoms with Crippen LogP contribution in [0.25, 0.3) is 17.0 Å². The number of anilines is 1. The number of pyridine rings is 1. The van der Waals surface area contributed by atoms with Crippen molar-refractivity contribution in [3.05, 3.63) is 107 Å². The summed E-state index contributed by atoms with van der Waals surface area (Å²) >= 11 is 6.07. The van der Waals surface area contributed by atoms with Gasteiger partial charge in [-0.25, -0.2) is 9.78 Å². The number of nitrogens with zero attached hydrogens (tertiary/aromatic N) is 1. The van der Waals surface area contributed by atoms with Crippen LogP contribution in [0.1, 0.15) is 16.8 Å². The molecule has 4 rings (SSSR count). The molecule has 0 aliphatic heterocycles. The van der Waals surface area contributed by atoms with Gasteiger partial charge in [0.15, 0.2) is 0 Å². The molecule has 1 heterocycles. The molecule has 0 saturated heterocycles. The molecule has 1 amide bonds. The van der Waals surface area contributed by atoms with E-state index < -0.39 is 6.09 Å². The molecule has 6 heteroatoms. The first-order valence-electron chi connectivity index (χ1n) is 10.1. The first-order chi connectivity index (χ1) is 15.6. The zero-order valence-corrected chi connectivity index (χ0v) is 17.9. The molecule has 0 fully saturated rings. The molecular formula is C26H21ClN2O3. The minimum atomic E-state index is -1.07. The van der Waals surface area contributed by atoms with Crippen LogP contribution in [0.3, 0.4) is 0 Å². The fourth-order valence-electron chi connectivity index (χ4n) is 3.34. The largest absolute Gasteiger partial charge is 0.487 e. The average Bonchev–Trinajstić information content (AvgIpc) is 2.78. The lowest BCUT2D eigenvalue weighted by Crippen LogP contribution is -2.08. The maximum absolute atomic E-state index is 10.9. The van der Waals surface area contributed by atoms with E-state index in [1.807, 2.05) is 78.9 Å². The molecule has 5 nitrogen and oxygen atoms in total. The van der Waals surface area contributed by atoms with Crippen LogP contribution in [0.15, 0.2) is 84.9 Å². The van der Waals surface area contributed by atoms with Gasteiger partial charge < -0.3 is 9.84 Å². The summed E-state index contributed by atoms with van der Waals surface area (Å²) < 4.78 is 5.93. The monoisotopic (exact) mass is 444 g/mol. The first kappa shape index (κ1) is 21.4. The Balaban J connectivity index is 1.40. The van der Waals surface area contributed by atoms with Gasteiger partial charge in [-0.05, 0) is 53.9 Å². The standard InChI is InChI=1S/C26H21ClN2O3/c27-21-13-11-20-12-14-22(28-25(20)16-21)17-32-23-9-4-6-18(15-23)5-3-8-19-7-1-2-10-24(19)29-26(30)31/h1-7,9-16,29H,8,17H2,(H,30,31)/b5-3+. The first-order valence-corrected chi connectivity index (χ1v) is 10.5. The third-order valence-electron chi connectivity index (χ3n) is 4.86. The van der Waals surface area contributed by atoms with Crippen LogP contribution in [-0.2, 0) is 13.0 Å². The van der Waals surface area contributed by atoms with Crippen molar-refractivity contribution in [2.24, 2.45) is 0 Å². The number of carboxylic acid groups (broad SMARTS) is 1. The molecule has 4 aromatic rings. The second-order valence-corrected chi connectivity index (χ2v) is 7.63. The summed E-state index contributed by atoms with van der Waals surface area (Å²) in [6, 6.07) is 24.7. The molecule has 32 heavy (non-hydrogen) atoms. The van der Waals surface area contributed by atoms with Gasteiger partial charge in [0.1, 0.15) is 12.4 Å². The van der Waals surface area contributed by atoms with Crippen LogP contribution < -0.4 is 10.1 Å². The number of nitrogens with one attached hydrogen (secondary N) is 1. The number of amides is 1. The molecule has 1 aromatic heterocycles. The van der Waals surface area contributed by atoms with Crippen molar-refractivity contribution < 1.29 is 14.6 Å². The maximum Gasteiger partial charge on any atom is 0.409 e. The number of benzene rings is 3. The number of fused-ring (bicyclic) bond motifs is 1. The van der Waals surface area contributed by atoms with Gasteiger partial charge in [0.25, 0.3) is 0 Å². The highest BCUT2D eigenvalue weighted by Gasteiger charge is 2.04. The Bertz CT molecular complexity index is 1290. The third-order valence-corrected chi connectivity index (χ3v) is 5.10. The van der Waals surface area contributed by atoms with E-state index >= 15 is 0 Å². The number of halogens is 1. The van der Waals surface area contributed by atoms with Gasteiger partial charge in [-0.2, -0.15) is 0 Å². The van der Waals surface area contributed by atoms with E-state index in [1.54, 1.807) is 12.1 Å². The van der Waals surface area contributed by atoms with Crippen molar-refractivity contribution in [1.29, 1.82) is 0 Å². The summed E-state index contributed by atoms with van der Waals surface area (Å²) in [7, 11) is 0. The van der Waals surface area contributed by atoms with Crippen molar-refractivity contribution in [2.45, 2.75) is 13.0 Å². The lowest BCUT2D eigenvalue weighted by atomic mass is 10.1. The summed E-state index contributed by atoms with van der Waals surface area (Å²) in [6.45, 7) is 0.351. The second-order valence-electron chi connectivity index (χ2n) is 7.19. The molecule has 0 bridgehead atoms. The number of ether oxygens (including phenoxy) is 1. The van der Waals surface area contributed by atoms with Crippen molar-refractivity contribution in [1.82, 2.24) is 4.98 Å². The minimum absolute atomic E-state index is 0.351. The molecule has 2 N–H and O–H groups in total. The molecule has 0 saturated carbocycles. The number of carbonyl (C=O) groups is 1. The number of rotatable bonds is 7. The SMILES string of the molecule is O=C(O)Nc1ccccc1C/C=C/c1cccc(OCc2ccc3ccc(Cl)cc3n2)c1. The van der Waals surface area contributed by atoms with Gasteiger partial charge >= 0.3 is 6.09 Å². The van der Waals surface area contributed by atoms with E-state index in [4.69, 9.17) is 21.4 Å². The van der Waals surface area contributed by atoms with E-state index in [-0.39, 0.29) is 0 Å². The summed E-state index contributed by atoms with van der Waals surface area (Å²) in [5.74, 6) is 0.744. The fourth-order valence-corrected chi connectivity index (χ4v) is 3.50. The van der Waals surface area contributed by atoms with E-state index in [0.29, 0.717) is 23.7 Å². The van der Waals surface area contributed by atoms with Gasteiger partial charge in [0, 0.05) is 16.1 Å². The normalized spacial score (nSPS) is 11.0. The zero-order chi connectivity index (χ0) is 22.3. The van der Waals surface area contributed by atoms with Crippen molar-refractivity contribution in [3.8, 4) is 5.75 Å². The van der Waals surface area contributed by atoms with E-state index in [9.17, 15) is 4.79 Å². The van der Waals surface area contributed by atoms with Crippen LogP contribution in [-0.4, -0.2) is 16.2 Å². The highest BCUT2D eigenvalue weighted by Crippen LogP contribution is 2.21. The Morgan fingerprint density at radius 3 is 2.75 bits per heavy atom. The molecule has 3 aromatic carbocycles.